The number of hydrogen-bond donors (Lipinski definition) is 1. The zero-order chi connectivity index (χ0) is 30.2. The van der Waals surface area contributed by atoms with Crippen LogP contribution in [0.1, 0.15) is 36.4 Å². The topological polar surface area (TPSA) is 80.2 Å². The van der Waals surface area contributed by atoms with Crippen LogP contribution in [-0.4, -0.2) is 79.3 Å². The molecule has 3 aliphatic rings. The molecule has 5 heterocycles. The number of ether oxygens (including phenoxy) is 1. The van der Waals surface area contributed by atoms with Crippen molar-refractivity contribution in [3.63, 3.8) is 0 Å². The Morgan fingerprint density at radius 3 is 2.55 bits per heavy atom. The Bertz CT molecular complexity index is 1780. The molecule has 221 valence electrons. The molecule has 9 nitrogen and oxygen atoms in total. The van der Waals surface area contributed by atoms with Crippen LogP contribution >= 0.6 is 11.6 Å². The van der Waals surface area contributed by atoms with Crippen molar-refractivity contribution in [2.45, 2.75) is 38.9 Å². The maximum absolute atomic E-state index is 11.9. The molecule has 1 N–H and O–H groups in total. The van der Waals surface area contributed by atoms with Crippen molar-refractivity contribution in [2.24, 2.45) is 0 Å². The number of alkyl halides is 1. The lowest BCUT2D eigenvalue weighted by molar-refractivity contribution is -0.568. The van der Waals surface area contributed by atoms with E-state index >= 15 is 0 Å². The first-order valence-corrected chi connectivity index (χ1v) is 15.5. The number of amides is 1. The molecule has 2 aromatic carbocycles. The molecule has 44 heavy (non-hydrogen) atoms. The molecule has 2 atom stereocenters. The van der Waals surface area contributed by atoms with E-state index < -0.39 is 0 Å². The summed E-state index contributed by atoms with van der Waals surface area (Å²) >= 11 is 5.70. The fraction of sp³-hybridized carbons (Fsp3) is 0.273. The van der Waals surface area contributed by atoms with E-state index in [1.165, 1.54) is 5.56 Å². The molecule has 1 amide bonds. The van der Waals surface area contributed by atoms with Crippen LogP contribution in [0.5, 0.6) is 0 Å². The minimum atomic E-state index is -0.235. The summed E-state index contributed by atoms with van der Waals surface area (Å²) in [4.78, 5) is 14.1. The van der Waals surface area contributed by atoms with E-state index in [9.17, 15) is 4.79 Å². The smallest absolute Gasteiger partial charge is 0.367 e. The maximum atomic E-state index is 11.9. The number of carbonyl (C=O) groups excluding carboxylic acids is 1. The highest BCUT2D eigenvalue weighted by atomic mass is 35.5. The van der Waals surface area contributed by atoms with Crippen molar-refractivity contribution in [2.75, 3.05) is 24.3 Å². The van der Waals surface area contributed by atoms with Gasteiger partial charge in [0.05, 0.1) is 24.1 Å². The van der Waals surface area contributed by atoms with Gasteiger partial charge >= 0.3 is 7.55 Å². The fourth-order valence-electron chi connectivity index (χ4n) is 6.23. The number of halogens is 1. The van der Waals surface area contributed by atoms with Gasteiger partial charge in [0.25, 0.3) is 5.84 Å². The summed E-state index contributed by atoms with van der Waals surface area (Å²) < 4.78 is 12.5. The molecule has 2 aromatic heterocycles. The Balaban J connectivity index is 1.26. The van der Waals surface area contributed by atoms with Gasteiger partial charge in [-0.1, -0.05) is 47.7 Å². The van der Waals surface area contributed by atoms with Gasteiger partial charge in [0.15, 0.2) is 0 Å². The van der Waals surface area contributed by atoms with Gasteiger partial charge < -0.3 is 14.5 Å². The first kappa shape index (κ1) is 28.4. The molecule has 0 saturated carbocycles. The van der Waals surface area contributed by atoms with Gasteiger partial charge in [-0.05, 0) is 68.2 Å². The van der Waals surface area contributed by atoms with E-state index in [2.05, 4.69) is 99.4 Å². The number of nitrogens with zero attached hydrogens (tertiary/aromatic N) is 6. The van der Waals surface area contributed by atoms with Crippen LogP contribution in [0.25, 0.3) is 11.4 Å². The lowest BCUT2D eigenvalue weighted by Crippen LogP contribution is -2.48. The molecule has 1 fully saturated rings. The normalized spacial score (nSPS) is 19.2. The Morgan fingerprint density at radius 2 is 1.80 bits per heavy atom. The minimum Gasteiger partial charge on any atom is -0.367 e. The van der Waals surface area contributed by atoms with Gasteiger partial charge in [-0.25, -0.2) is 4.68 Å². The molecule has 11 heteroatoms. The average molecular weight is 606 g/mol. The molecule has 0 aliphatic carbocycles. The second-order valence-electron chi connectivity index (χ2n) is 11.4. The Hall–Kier alpha value is -4.41. The predicted molar refractivity (Wildman–Crippen MR) is 172 cm³/mol. The van der Waals surface area contributed by atoms with Crippen LogP contribution in [0.2, 0.25) is 0 Å². The number of amidine groups is 1. The van der Waals surface area contributed by atoms with Crippen molar-refractivity contribution in [1.82, 2.24) is 24.3 Å². The van der Waals surface area contributed by atoms with Crippen molar-refractivity contribution >= 4 is 42.2 Å². The van der Waals surface area contributed by atoms with E-state index in [0.717, 1.165) is 65.8 Å². The van der Waals surface area contributed by atoms with Crippen LogP contribution in [-0.2, 0) is 22.4 Å². The quantitative estimate of drug-likeness (QED) is 0.193. The first-order valence-electron chi connectivity index (χ1n) is 14.9. The van der Waals surface area contributed by atoms with E-state index in [1.807, 2.05) is 41.2 Å². The maximum Gasteiger partial charge on any atom is 0.553 e. The second-order valence-corrected chi connectivity index (χ2v) is 11.7. The summed E-state index contributed by atoms with van der Waals surface area (Å²) in [5.74, 6) is 1.69. The van der Waals surface area contributed by atoms with Gasteiger partial charge in [-0.15, -0.1) is 16.7 Å². The van der Waals surface area contributed by atoms with Crippen molar-refractivity contribution in [1.29, 1.82) is 0 Å². The number of fused-ring (bicyclic) bond motifs is 2. The summed E-state index contributed by atoms with van der Waals surface area (Å²) in [5, 5.41) is 11.9. The fourth-order valence-corrected chi connectivity index (χ4v) is 6.30. The monoisotopic (exact) mass is 605 g/mol. The highest BCUT2D eigenvalue weighted by Gasteiger charge is 2.41. The number of rotatable bonds is 7. The highest BCUT2D eigenvalue weighted by molar-refractivity contribution is 6.40. The molecule has 3 aliphatic heterocycles. The number of aryl methyl sites for hydroxylation is 2. The SMILES string of the molecule is CC1C[N+](=C2C=CC3=C(c4ccc(NC(=O)CCl)cc4)c4ccc(-n5cc(CCc6ccccc6)nn5)n4[B]N32)CC(C)O1. The van der Waals surface area contributed by atoms with Gasteiger partial charge in [0.1, 0.15) is 30.5 Å². The van der Waals surface area contributed by atoms with Crippen LogP contribution in [0.15, 0.2) is 90.8 Å². The van der Waals surface area contributed by atoms with Crippen molar-refractivity contribution < 1.29 is 14.1 Å². The molecule has 0 spiro atoms. The first-order chi connectivity index (χ1) is 21.5. The third kappa shape index (κ3) is 5.51. The number of nitrogens with one attached hydrogen (secondary N) is 1. The number of hydrogen-bond acceptors (Lipinski definition) is 4. The number of morpholine rings is 1. The second kappa shape index (κ2) is 11.9. The summed E-state index contributed by atoms with van der Waals surface area (Å²) in [6, 6.07) is 22.6. The van der Waals surface area contributed by atoms with E-state index in [4.69, 9.17) is 16.3 Å². The lowest BCUT2D eigenvalue weighted by atomic mass is 9.91. The third-order valence-corrected chi connectivity index (χ3v) is 8.39. The minimum absolute atomic E-state index is 0.0867. The molecule has 1 saturated heterocycles. The van der Waals surface area contributed by atoms with Gasteiger partial charge in [0, 0.05) is 23.0 Å². The Morgan fingerprint density at radius 1 is 1.02 bits per heavy atom. The molecule has 1 radical (unpaired) electrons. The number of allylic oxidation sites excluding steroid dienone is 1. The molecule has 0 bridgehead atoms. The number of carbonyl (C=O) groups is 1. The van der Waals surface area contributed by atoms with Gasteiger partial charge in [-0.3, -0.25) is 14.2 Å². The van der Waals surface area contributed by atoms with Crippen molar-refractivity contribution in [3.8, 4) is 5.82 Å². The largest absolute Gasteiger partial charge is 0.553 e. The van der Waals surface area contributed by atoms with Crippen LogP contribution in [0.4, 0.5) is 5.69 Å². The summed E-state index contributed by atoms with van der Waals surface area (Å²) in [6.07, 6.45) is 8.38. The summed E-state index contributed by atoms with van der Waals surface area (Å²) in [6.45, 7) is 5.87. The van der Waals surface area contributed by atoms with E-state index in [0.29, 0.717) is 5.69 Å². The van der Waals surface area contributed by atoms with E-state index in [-0.39, 0.29) is 24.0 Å². The van der Waals surface area contributed by atoms with Crippen molar-refractivity contribution in [3.05, 3.63) is 113 Å². The van der Waals surface area contributed by atoms with Crippen LogP contribution in [0, 0.1) is 0 Å². The lowest BCUT2D eigenvalue weighted by Gasteiger charge is -2.30. The third-order valence-electron chi connectivity index (χ3n) is 8.15. The molecule has 7 rings (SSSR count). The number of aromatic nitrogens is 4. The zero-order valence-electron chi connectivity index (χ0n) is 24.7. The predicted octanol–water partition coefficient (Wildman–Crippen LogP) is 4.28. The summed E-state index contributed by atoms with van der Waals surface area (Å²) in [5.41, 5.74) is 7.17. The van der Waals surface area contributed by atoms with Crippen LogP contribution < -0.4 is 5.32 Å². The molecular weight excluding hydrogens is 573 g/mol. The van der Waals surface area contributed by atoms with Gasteiger partial charge in [-0.2, -0.15) is 0 Å². The Kier molecular flexibility index (Phi) is 7.70. The molecule has 4 aromatic rings. The Labute approximate surface area is 262 Å². The van der Waals surface area contributed by atoms with Crippen LogP contribution in [0.3, 0.4) is 0 Å². The standard InChI is InChI=1S/C33H32BClN7O2/c1-22-19-39(20-23(2)44-22)31-16-14-28-33(25-9-12-26(13-10-25)36-30(43)18-35)29-15-17-32(42(29)34-41(28)31)40-21-27(37-38-40)11-8-24-6-4-3-5-7-24/h3-7,9-10,12-17,21-23H,8,11,18-20H2,1-2H3/p+1. The average Bonchev–Trinajstić information content (AvgIpc) is 3.78. The van der Waals surface area contributed by atoms with E-state index in [1.54, 1.807) is 0 Å². The summed E-state index contributed by atoms with van der Waals surface area (Å²) in [7, 11) is 2.14. The number of benzene rings is 2. The molecule has 2 unspecified atom stereocenters. The van der Waals surface area contributed by atoms with Gasteiger partial charge in [0.2, 0.25) is 5.91 Å². The molecular formula is C33H33BClN7O2+. The highest BCUT2D eigenvalue weighted by Crippen LogP contribution is 2.37. The zero-order valence-corrected chi connectivity index (χ0v) is 25.5. The number of anilines is 1.